The summed E-state index contributed by atoms with van der Waals surface area (Å²) in [5.41, 5.74) is 1.52. The lowest BCUT2D eigenvalue weighted by atomic mass is 9.82. The molecule has 4 aliphatic heterocycles. The summed E-state index contributed by atoms with van der Waals surface area (Å²) >= 11 is 1.28. The second kappa shape index (κ2) is 5.48. The summed E-state index contributed by atoms with van der Waals surface area (Å²) in [7, 11) is 0. The number of nitrogens with zero attached hydrogens (tertiary/aromatic N) is 2. The number of thiophene rings is 1. The van der Waals surface area contributed by atoms with Crippen LogP contribution in [0.1, 0.15) is 40.9 Å². The molecule has 0 radical (unpaired) electrons. The van der Waals surface area contributed by atoms with E-state index in [1.54, 1.807) is 17.3 Å². The Labute approximate surface area is 164 Å². The zero-order chi connectivity index (χ0) is 19.1. The molecular weight excluding hydrogens is 386 g/mol. The van der Waals surface area contributed by atoms with Gasteiger partial charge in [0.2, 0.25) is 6.10 Å². The molecule has 28 heavy (non-hydrogen) atoms. The number of rotatable bonds is 2. The minimum Gasteiger partial charge on any atom is -0.362 e. The van der Waals surface area contributed by atoms with Crippen LogP contribution >= 0.6 is 11.3 Å². The standard InChI is InChI=1S/C19H18F2N4O2S/c20-19(21)5-12-14-16(28-15(12)10-6-22-23-7-10)17(26)24-13(8-25(14)9-19)18-3-1-11(27-18)2-4-18/h6-7,13H,1-5,8-9H2,(H-,22,23,24,26)/p+1/t13-/m0/s1. The number of hydrogen-bond donors (Lipinski definition) is 2. The van der Waals surface area contributed by atoms with Gasteiger partial charge in [0.15, 0.2) is 5.60 Å². The van der Waals surface area contributed by atoms with Crippen LogP contribution < -0.4 is 10.2 Å². The number of halogens is 2. The lowest BCUT2D eigenvalue weighted by Crippen LogP contribution is -2.57. The number of alkyl halides is 2. The largest absolute Gasteiger partial charge is 0.362 e. The van der Waals surface area contributed by atoms with Crippen LogP contribution in [0.15, 0.2) is 12.4 Å². The van der Waals surface area contributed by atoms with Crippen LogP contribution in [0.3, 0.4) is 0 Å². The number of carbonyl (C=O) groups excluding carboxylic acids is 1. The Morgan fingerprint density at radius 3 is 2.82 bits per heavy atom. The molecule has 1 atom stereocenters. The van der Waals surface area contributed by atoms with E-state index >= 15 is 0 Å². The van der Waals surface area contributed by atoms with Gasteiger partial charge in [0.05, 0.1) is 24.5 Å². The van der Waals surface area contributed by atoms with Crippen molar-refractivity contribution < 1.29 is 18.3 Å². The number of aromatic amines is 1. The molecule has 2 saturated heterocycles. The molecule has 6 nitrogen and oxygen atoms in total. The fraction of sp³-hybridized carbons (Fsp3) is 0.526. The molecule has 2 aromatic rings. The summed E-state index contributed by atoms with van der Waals surface area (Å²) in [5, 5.41) is 9.80. The van der Waals surface area contributed by atoms with Gasteiger partial charge < -0.3 is 10.2 Å². The molecule has 9 heteroatoms. The van der Waals surface area contributed by atoms with E-state index in [0.717, 1.165) is 37.4 Å². The Morgan fingerprint density at radius 2 is 2.14 bits per heavy atom. The third-order valence-electron chi connectivity index (χ3n) is 6.46. The monoisotopic (exact) mass is 405 g/mol. The van der Waals surface area contributed by atoms with Gasteiger partial charge in [-0.05, 0) is 0 Å². The second-order valence-corrected chi connectivity index (χ2v) is 9.24. The summed E-state index contributed by atoms with van der Waals surface area (Å²) < 4.78 is 35.5. The van der Waals surface area contributed by atoms with Crippen molar-refractivity contribution >= 4 is 22.9 Å². The average Bonchev–Trinajstić information content (AvgIpc) is 3.41. The maximum atomic E-state index is 14.7. The van der Waals surface area contributed by atoms with E-state index in [9.17, 15) is 13.6 Å². The highest BCUT2D eigenvalue weighted by atomic mass is 32.1. The number of ether oxygens (including phenoxy) is 1. The third kappa shape index (κ3) is 2.29. The van der Waals surface area contributed by atoms with Crippen molar-refractivity contribution in [1.29, 1.82) is 0 Å². The number of anilines is 1. The Hall–Kier alpha value is -2.13. The second-order valence-electron chi connectivity index (χ2n) is 8.22. The Kier molecular flexibility index (Phi) is 3.28. The van der Waals surface area contributed by atoms with Crippen LogP contribution in [0.25, 0.3) is 10.4 Å². The summed E-state index contributed by atoms with van der Waals surface area (Å²) in [4.78, 5) is 16.1. The topological polar surface area (TPSA) is 70.2 Å². The molecule has 2 fully saturated rings. The van der Waals surface area contributed by atoms with Gasteiger partial charge in [0, 0.05) is 48.0 Å². The first-order valence-corrected chi connectivity index (χ1v) is 10.4. The van der Waals surface area contributed by atoms with Crippen LogP contribution in [0.4, 0.5) is 14.5 Å². The maximum Gasteiger partial charge on any atom is 0.269 e. The molecule has 0 unspecified atom stereocenters. The van der Waals surface area contributed by atoms with Crippen molar-refractivity contribution in [3.8, 4) is 10.4 Å². The van der Waals surface area contributed by atoms with E-state index in [0.29, 0.717) is 27.5 Å². The highest BCUT2D eigenvalue weighted by Crippen LogP contribution is 2.53. The Bertz CT molecular complexity index is 950. The van der Waals surface area contributed by atoms with Gasteiger partial charge in [-0.2, -0.15) is 9.84 Å². The molecule has 0 saturated carbocycles. The van der Waals surface area contributed by atoms with Gasteiger partial charge in [-0.1, -0.05) is 0 Å². The zero-order valence-electron chi connectivity index (χ0n) is 15.1. The van der Waals surface area contributed by atoms with E-state index in [-0.39, 0.29) is 24.9 Å². The van der Waals surface area contributed by atoms with Crippen molar-refractivity contribution in [3.63, 3.8) is 0 Å². The van der Waals surface area contributed by atoms with E-state index in [1.165, 1.54) is 11.3 Å². The number of nitrogens with one attached hydrogen (secondary N) is 2. The number of carbonyl (C=O) groups is 1. The van der Waals surface area contributed by atoms with Crippen LogP contribution in [-0.4, -0.2) is 46.8 Å². The molecule has 0 aliphatic carbocycles. The van der Waals surface area contributed by atoms with Gasteiger partial charge in [0.1, 0.15) is 17.7 Å². The summed E-state index contributed by atoms with van der Waals surface area (Å²) in [5.74, 6) is -3.03. The van der Waals surface area contributed by atoms with Crippen molar-refractivity contribution in [2.45, 2.75) is 49.7 Å². The van der Waals surface area contributed by atoms with Crippen molar-refractivity contribution in [1.82, 2.24) is 15.5 Å². The molecule has 2 aromatic heterocycles. The summed E-state index contributed by atoms with van der Waals surface area (Å²) in [6.07, 6.45) is 7.52. The summed E-state index contributed by atoms with van der Waals surface area (Å²) in [6.45, 7) is -0.0250. The van der Waals surface area contributed by atoms with E-state index in [4.69, 9.17) is 4.74 Å². The number of fused-ring (bicyclic) bond motifs is 2. The minimum absolute atomic E-state index is 0.188. The van der Waals surface area contributed by atoms with Crippen LogP contribution in [0.2, 0.25) is 0 Å². The molecule has 2 bridgehead atoms. The van der Waals surface area contributed by atoms with Gasteiger partial charge >= 0.3 is 0 Å². The van der Waals surface area contributed by atoms with Gasteiger partial charge in [0.25, 0.3) is 11.8 Å². The lowest BCUT2D eigenvalue weighted by molar-refractivity contribution is -0.00173. The van der Waals surface area contributed by atoms with Gasteiger partial charge in [-0.25, -0.2) is 8.78 Å². The zero-order valence-corrected chi connectivity index (χ0v) is 15.9. The van der Waals surface area contributed by atoms with Crippen molar-refractivity contribution in [2.24, 2.45) is 0 Å². The Morgan fingerprint density at radius 1 is 1.32 bits per heavy atom. The number of amides is 1. The van der Waals surface area contributed by atoms with Crippen molar-refractivity contribution in [2.75, 3.05) is 18.0 Å². The predicted molar refractivity (Wildman–Crippen MR) is 99.5 cm³/mol. The molecule has 4 aliphatic rings. The summed E-state index contributed by atoms with van der Waals surface area (Å²) in [6, 6.07) is -0.293. The molecule has 146 valence electrons. The van der Waals surface area contributed by atoms with E-state index < -0.39 is 11.5 Å². The van der Waals surface area contributed by atoms with E-state index in [2.05, 4.69) is 15.5 Å². The molecule has 0 spiro atoms. The molecule has 6 heterocycles. The fourth-order valence-electron chi connectivity index (χ4n) is 5.20. The molecule has 0 aromatic carbocycles. The van der Waals surface area contributed by atoms with Crippen LogP contribution in [0, 0.1) is 6.10 Å². The van der Waals surface area contributed by atoms with Crippen LogP contribution in [0.5, 0.6) is 0 Å². The Balaban J connectivity index is 1.46. The SMILES string of the molecule is O=C1N[C@H](C23CC[C+](CC2)O3)CN2CC(F)(F)Cc3c(-c4cn[nH]c4)sc1c32. The minimum atomic E-state index is -2.84. The van der Waals surface area contributed by atoms with Gasteiger partial charge in [-0.15, -0.1) is 11.3 Å². The van der Waals surface area contributed by atoms with E-state index in [1.807, 2.05) is 0 Å². The molecule has 1 amide bonds. The first kappa shape index (κ1) is 16.8. The maximum absolute atomic E-state index is 14.7. The van der Waals surface area contributed by atoms with Crippen molar-refractivity contribution in [3.05, 3.63) is 28.9 Å². The van der Waals surface area contributed by atoms with Gasteiger partial charge in [-0.3, -0.25) is 9.89 Å². The molecule has 2 N–H and O–H groups in total. The average molecular weight is 405 g/mol. The highest BCUT2D eigenvalue weighted by molar-refractivity contribution is 7.18. The third-order valence-corrected chi connectivity index (χ3v) is 7.73. The smallest absolute Gasteiger partial charge is 0.269 e. The predicted octanol–water partition coefficient (Wildman–Crippen LogP) is 3.12. The van der Waals surface area contributed by atoms with Crippen LogP contribution in [-0.2, 0) is 11.2 Å². The number of aromatic nitrogens is 2. The number of H-pyrrole nitrogens is 1. The lowest BCUT2D eigenvalue weighted by Gasteiger charge is -2.38. The first-order valence-electron chi connectivity index (χ1n) is 9.56. The molecule has 6 rings (SSSR count). The number of hydrogen-bond acceptors (Lipinski definition) is 5. The molecular formula is C19H19F2N4O2S+. The normalized spacial score (nSPS) is 26.9. The fourth-order valence-corrected chi connectivity index (χ4v) is 6.42. The quantitative estimate of drug-likeness (QED) is 0.754. The first-order chi connectivity index (χ1) is 13.4. The highest BCUT2D eigenvalue weighted by Gasteiger charge is 2.61.